The van der Waals surface area contributed by atoms with E-state index in [0.29, 0.717) is 25.2 Å². The topological polar surface area (TPSA) is 68.6 Å². The van der Waals surface area contributed by atoms with Gasteiger partial charge in [-0.2, -0.15) is 0 Å². The predicted octanol–water partition coefficient (Wildman–Crippen LogP) is 4.05. The number of aromatic nitrogens is 2. The molecule has 7 nitrogen and oxygen atoms in total. The molecule has 182 valence electrons. The van der Waals surface area contributed by atoms with Crippen LogP contribution in [0.2, 0.25) is 5.02 Å². The lowest BCUT2D eigenvalue weighted by Gasteiger charge is -2.36. The molecule has 2 aromatic heterocycles. The quantitative estimate of drug-likeness (QED) is 0.545. The van der Waals surface area contributed by atoms with Crippen LogP contribution in [0.1, 0.15) is 36.4 Å². The normalized spacial score (nSPS) is 20.3. The highest BCUT2D eigenvalue weighted by atomic mass is 35.5. The van der Waals surface area contributed by atoms with Crippen molar-refractivity contribution in [3.63, 3.8) is 0 Å². The number of benzene rings is 1. The fourth-order valence-corrected chi connectivity index (χ4v) is 6.57. The maximum atomic E-state index is 12.3. The lowest BCUT2D eigenvalue weighted by molar-refractivity contribution is 0.170. The Kier molecular flexibility index (Phi) is 7.04. The molecule has 5 heterocycles. The number of likely N-dealkylation sites (tertiary alicyclic amines) is 1. The van der Waals surface area contributed by atoms with Crippen LogP contribution in [0, 0.1) is 0 Å². The first-order valence-electron chi connectivity index (χ1n) is 11.7. The molecule has 1 unspecified atom stereocenters. The number of thiazole rings is 1. The van der Waals surface area contributed by atoms with Crippen LogP contribution in [0.5, 0.6) is 11.5 Å². The second-order valence-corrected chi connectivity index (χ2v) is 10.5. The molecule has 3 aliphatic heterocycles. The van der Waals surface area contributed by atoms with E-state index in [-0.39, 0.29) is 17.3 Å². The Balaban J connectivity index is 0.00000241. The highest BCUT2D eigenvalue weighted by Crippen LogP contribution is 2.39. The number of hydrogen-bond acceptors (Lipinski definition) is 7. The zero-order valence-corrected chi connectivity index (χ0v) is 21.2. The Bertz CT molecular complexity index is 1240. The Morgan fingerprint density at radius 1 is 1.12 bits per heavy atom. The van der Waals surface area contributed by atoms with Gasteiger partial charge in [-0.25, -0.2) is 0 Å². The van der Waals surface area contributed by atoms with Gasteiger partial charge in [0.1, 0.15) is 13.2 Å². The van der Waals surface area contributed by atoms with Crippen molar-refractivity contribution in [2.75, 3.05) is 32.8 Å². The SMILES string of the molecule is Cl.O=c1sc2ccc(Cl)c3c2n1CCC3CN1CCC(NCc2cc3c(cn2)OCCO3)CC1. The van der Waals surface area contributed by atoms with E-state index < -0.39 is 0 Å². The molecule has 6 rings (SSSR count). The molecule has 0 amide bonds. The average Bonchev–Trinajstić information content (AvgIpc) is 3.17. The minimum Gasteiger partial charge on any atom is -0.486 e. The lowest BCUT2D eigenvalue weighted by atomic mass is 9.90. The Hall–Kier alpha value is -1.84. The monoisotopic (exact) mass is 522 g/mol. The first kappa shape index (κ1) is 23.9. The Morgan fingerprint density at radius 2 is 1.91 bits per heavy atom. The molecule has 0 aliphatic carbocycles. The third-order valence-electron chi connectivity index (χ3n) is 7.05. The molecule has 0 saturated carbocycles. The van der Waals surface area contributed by atoms with Crippen LogP contribution in [-0.4, -0.2) is 53.3 Å². The van der Waals surface area contributed by atoms with Crippen LogP contribution < -0.4 is 19.7 Å². The largest absolute Gasteiger partial charge is 0.486 e. The fraction of sp³-hybridized carbons (Fsp3) is 0.500. The first-order chi connectivity index (χ1) is 16.2. The van der Waals surface area contributed by atoms with E-state index in [1.165, 1.54) is 16.9 Å². The number of pyridine rings is 1. The molecule has 10 heteroatoms. The molecule has 1 fully saturated rings. The molecule has 1 atom stereocenters. The minimum atomic E-state index is 0. The maximum Gasteiger partial charge on any atom is 0.308 e. The summed E-state index contributed by atoms with van der Waals surface area (Å²) in [6.07, 6.45) is 4.95. The standard InChI is InChI=1S/C24H27ClN4O3S.ClH/c25-18-1-2-21-23-22(18)15(3-8-29(23)24(30)33-21)14-28-6-4-16(5-7-28)26-12-17-11-19-20(13-27-17)32-10-9-31-19;/h1-2,11,13,15-16,26H,3-10,12,14H2;1H. The zero-order valence-electron chi connectivity index (χ0n) is 18.8. The van der Waals surface area contributed by atoms with Crippen molar-refractivity contribution < 1.29 is 9.47 Å². The van der Waals surface area contributed by atoms with E-state index in [9.17, 15) is 4.79 Å². The van der Waals surface area contributed by atoms with Gasteiger partial charge < -0.3 is 19.7 Å². The second-order valence-electron chi connectivity index (χ2n) is 9.09. The Labute approximate surface area is 213 Å². The molecule has 3 aromatic rings. The number of halogens is 2. The van der Waals surface area contributed by atoms with Crippen molar-refractivity contribution in [1.29, 1.82) is 0 Å². The number of hydrogen-bond donors (Lipinski definition) is 1. The van der Waals surface area contributed by atoms with E-state index in [0.717, 1.165) is 84.4 Å². The number of ether oxygens (including phenoxy) is 2. The van der Waals surface area contributed by atoms with Gasteiger partial charge in [0.2, 0.25) is 0 Å². The third kappa shape index (κ3) is 4.54. The second kappa shape index (κ2) is 10.0. The van der Waals surface area contributed by atoms with Crippen molar-refractivity contribution in [2.24, 2.45) is 0 Å². The molecule has 3 aliphatic rings. The number of piperidine rings is 1. The van der Waals surface area contributed by atoms with Gasteiger partial charge in [0.15, 0.2) is 11.5 Å². The summed E-state index contributed by atoms with van der Waals surface area (Å²) >= 11 is 7.97. The van der Waals surface area contributed by atoms with Crippen LogP contribution >= 0.6 is 35.3 Å². The highest BCUT2D eigenvalue weighted by Gasteiger charge is 2.29. The molecule has 1 N–H and O–H groups in total. The van der Waals surface area contributed by atoms with E-state index >= 15 is 0 Å². The van der Waals surface area contributed by atoms with Crippen molar-refractivity contribution in [2.45, 2.75) is 44.3 Å². The lowest BCUT2D eigenvalue weighted by Crippen LogP contribution is -2.44. The molecule has 34 heavy (non-hydrogen) atoms. The van der Waals surface area contributed by atoms with E-state index in [1.54, 1.807) is 6.20 Å². The number of nitrogens with one attached hydrogen (secondary N) is 1. The number of aryl methyl sites for hydroxylation is 1. The van der Waals surface area contributed by atoms with Crippen LogP contribution in [0.15, 0.2) is 29.2 Å². The molecule has 1 saturated heterocycles. The summed E-state index contributed by atoms with van der Waals surface area (Å²) in [5.74, 6) is 1.90. The zero-order chi connectivity index (χ0) is 22.4. The summed E-state index contributed by atoms with van der Waals surface area (Å²) in [7, 11) is 0. The number of nitrogens with zero attached hydrogens (tertiary/aromatic N) is 3. The molecule has 0 spiro atoms. The smallest absolute Gasteiger partial charge is 0.308 e. The predicted molar refractivity (Wildman–Crippen MR) is 137 cm³/mol. The fourth-order valence-electron chi connectivity index (χ4n) is 5.33. The average molecular weight is 523 g/mol. The van der Waals surface area contributed by atoms with Crippen LogP contribution in [-0.2, 0) is 13.1 Å². The molecular weight excluding hydrogens is 495 g/mol. The summed E-state index contributed by atoms with van der Waals surface area (Å²) < 4.78 is 14.2. The maximum absolute atomic E-state index is 12.3. The van der Waals surface area contributed by atoms with Gasteiger partial charge in [-0.15, -0.1) is 12.4 Å². The van der Waals surface area contributed by atoms with E-state index in [4.69, 9.17) is 21.1 Å². The highest BCUT2D eigenvalue weighted by molar-refractivity contribution is 7.16. The first-order valence-corrected chi connectivity index (χ1v) is 12.9. The summed E-state index contributed by atoms with van der Waals surface area (Å²) in [4.78, 5) is 19.5. The van der Waals surface area contributed by atoms with Gasteiger partial charge in [0.05, 0.1) is 22.1 Å². The third-order valence-corrected chi connectivity index (χ3v) is 8.32. The van der Waals surface area contributed by atoms with Crippen molar-refractivity contribution >= 4 is 45.6 Å². The molecule has 0 bridgehead atoms. The summed E-state index contributed by atoms with van der Waals surface area (Å²) in [5.41, 5.74) is 3.22. The van der Waals surface area contributed by atoms with Gasteiger partial charge in [-0.1, -0.05) is 22.9 Å². The summed E-state index contributed by atoms with van der Waals surface area (Å²) in [5, 5.41) is 4.46. The molecule has 1 aromatic carbocycles. The number of fused-ring (bicyclic) bond motifs is 1. The van der Waals surface area contributed by atoms with Crippen molar-refractivity contribution in [3.05, 3.63) is 50.3 Å². The Morgan fingerprint density at radius 3 is 2.74 bits per heavy atom. The van der Waals surface area contributed by atoms with Gasteiger partial charge in [0.25, 0.3) is 0 Å². The molecule has 0 radical (unpaired) electrons. The van der Waals surface area contributed by atoms with Crippen molar-refractivity contribution in [1.82, 2.24) is 19.8 Å². The van der Waals surface area contributed by atoms with E-state index in [2.05, 4.69) is 15.2 Å². The minimum absolute atomic E-state index is 0. The summed E-state index contributed by atoms with van der Waals surface area (Å²) in [6, 6.07) is 6.41. The van der Waals surface area contributed by atoms with Crippen LogP contribution in [0.3, 0.4) is 0 Å². The van der Waals surface area contributed by atoms with E-state index in [1.807, 2.05) is 22.8 Å². The van der Waals surface area contributed by atoms with Gasteiger partial charge >= 0.3 is 4.87 Å². The van der Waals surface area contributed by atoms with Gasteiger partial charge in [-0.05, 0) is 44.5 Å². The van der Waals surface area contributed by atoms with Gasteiger partial charge in [-0.3, -0.25) is 14.3 Å². The summed E-state index contributed by atoms with van der Waals surface area (Å²) in [6.45, 7) is 5.82. The van der Waals surface area contributed by atoms with Crippen LogP contribution in [0.25, 0.3) is 10.2 Å². The number of rotatable bonds is 5. The molecular formula is C24H28Cl2N4O3S. The van der Waals surface area contributed by atoms with Crippen molar-refractivity contribution in [3.8, 4) is 11.5 Å². The van der Waals surface area contributed by atoms with Gasteiger partial charge in [0, 0.05) is 48.2 Å². The van der Waals surface area contributed by atoms with Crippen LogP contribution in [0.4, 0.5) is 0 Å².